The summed E-state index contributed by atoms with van der Waals surface area (Å²) in [6.45, 7) is 2.71. The van der Waals surface area contributed by atoms with Crippen LogP contribution in [0.1, 0.15) is 60.9 Å². The van der Waals surface area contributed by atoms with E-state index >= 15 is 0 Å². The van der Waals surface area contributed by atoms with Gasteiger partial charge in [0.1, 0.15) is 12.5 Å². The maximum atomic E-state index is 13.2. The minimum atomic E-state index is -0.689. The van der Waals surface area contributed by atoms with Crippen LogP contribution in [0.5, 0.6) is 0 Å². The van der Waals surface area contributed by atoms with Crippen LogP contribution in [0.3, 0.4) is 0 Å². The van der Waals surface area contributed by atoms with Gasteiger partial charge >= 0.3 is 11.9 Å². The molecule has 2 heterocycles. The first-order valence-electron chi connectivity index (χ1n) is 10.8. The molecule has 7 nitrogen and oxygen atoms in total. The third kappa shape index (κ3) is 4.32. The molecule has 1 aromatic rings. The molecule has 3 aliphatic rings. The molecule has 1 unspecified atom stereocenters. The maximum absolute atomic E-state index is 13.2. The first kappa shape index (κ1) is 21.4. The van der Waals surface area contributed by atoms with Crippen molar-refractivity contribution in [1.82, 2.24) is 0 Å². The Hall–Kier alpha value is -2.80. The smallest absolute Gasteiger partial charge is 0.337 e. The summed E-state index contributed by atoms with van der Waals surface area (Å²) in [7, 11) is 1.33. The number of esters is 2. The summed E-state index contributed by atoms with van der Waals surface area (Å²) in [5, 5.41) is 0. The summed E-state index contributed by atoms with van der Waals surface area (Å²) in [6.07, 6.45) is 3.68. The van der Waals surface area contributed by atoms with Gasteiger partial charge in [-0.2, -0.15) is 0 Å². The highest BCUT2D eigenvalue weighted by molar-refractivity contribution is 6.08. The van der Waals surface area contributed by atoms with Gasteiger partial charge in [0, 0.05) is 35.9 Å². The molecule has 0 radical (unpaired) electrons. The van der Waals surface area contributed by atoms with Crippen molar-refractivity contribution >= 4 is 23.4 Å². The molecule has 1 saturated heterocycles. The lowest BCUT2D eigenvalue weighted by molar-refractivity contribution is -0.149. The Kier molecular flexibility index (Phi) is 6.32. The molecular weight excluding hydrogens is 398 g/mol. The molecule has 164 valence electrons. The van der Waals surface area contributed by atoms with E-state index in [1.54, 1.807) is 24.3 Å². The van der Waals surface area contributed by atoms with E-state index in [-0.39, 0.29) is 18.5 Å². The molecular formula is C24H27NO6. The number of benzene rings is 1. The Morgan fingerprint density at radius 1 is 1.16 bits per heavy atom. The Labute approximate surface area is 181 Å². The van der Waals surface area contributed by atoms with E-state index in [1.165, 1.54) is 7.11 Å². The molecule has 0 bridgehead atoms. The van der Waals surface area contributed by atoms with Crippen LogP contribution in [0.15, 0.2) is 40.5 Å². The number of ether oxygens (including phenoxy) is 3. The number of hydrogen-bond donors (Lipinski definition) is 0. The fourth-order valence-electron chi connectivity index (χ4n) is 4.66. The lowest BCUT2D eigenvalue weighted by atomic mass is 9.71. The molecule has 2 aliphatic heterocycles. The van der Waals surface area contributed by atoms with Gasteiger partial charge in [-0.3, -0.25) is 14.6 Å². The zero-order valence-electron chi connectivity index (χ0n) is 17.9. The molecule has 4 rings (SSSR count). The number of hydrogen-bond acceptors (Lipinski definition) is 7. The van der Waals surface area contributed by atoms with E-state index in [1.807, 2.05) is 6.92 Å². The lowest BCUT2D eigenvalue weighted by Crippen LogP contribution is -2.38. The number of ketones is 1. The van der Waals surface area contributed by atoms with Gasteiger partial charge in [-0.25, -0.2) is 4.79 Å². The second kappa shape index (κ2) is 9.14. The minimum absolute atomic E-state index is 0.0245. The summed E-state index contributed by atoms with van der Waals surface area (Å²) in [5.74, 6) is -1.98. The number of Topliss-reactive ketones (excluding diaryl/α,β-unsaturated/α-hetero) is 1. The minimum Gasteiger partial charge on any atom is -0.465 e. The number of methoxy groups -OCH3 is 1. The third-order valence-electron chi connectivity index (χ3n) is 6.21. The average Bonchev–Trinajstić information content (AvgIpc) is 3.30. The van der Waals surface area contributed by atoms with Gasteiger partial charge in [-0.1, -0.05) is 12.1 Å². The van der Waals surface area contributed by atoms with Crippen molar-refractivity contribution in [2.45, 2.75) is 51.0 Å². The molecule has 0 amide bonds. The van der Waals surface area contributed by atoms with Crippen LogP contribution < -0.4 is 0 Å². The molecule has 1 aromatic carbocycles. The average molecular weight is 425 g/mol. The van der Waals surface area contributed by atoms with E-state index in [0.717, 1.165) is 30.5 Å². The molecule has 1 fully saturated rings. The van der Waals surface area contributed by atoms with Gasteiger partial charge in [0.25, 0.3) is 0 Å². The monoisotopic (exact) mass is 425 g/mol. The number of nitrogens with zero attached hydrogens (tertiary/aromatic N) is 1. The Balaban J connectivity index is 1.67. The summed E-state index contributed by atoms with van der Waals surface area (Å²) in [5.41, 5.74) is 3.20. The Bertz CT molecular complexity index is 939. The zero-order chi connectivity index (χ0) is 22.0. The Morgan fingerprint density at radius 2 is 1.94 bits per heavy atom. The van der Waals surface area contributed by atoms with Crippen LogP contribution >= 0.6 is 0 Å². The first-order valence-corrected chi connectivity index (χ1v) is 10.8. The van der Waals surface area contributed by atoms with Crippen LogP contribution in [0.25, 0.3) is 0 Å². The van der Waals surface area contributed by atoms with Crippen molar-refractivity contribution in [3.63, 3.8) is 0 Å². The van der Waals surface area contributed by atoms with E-state index in [0.29, 0.717) is 36.3 Å². The molecule has 0 N–H and O–H groups in total. The summed E-state index contributed by atoms with van der Waals surface area (Å²) < 4.78 is 16.0. The van der Waals surface area contributed by atoms with Gasteiger partial charge in [-0.05, 0) is 50.3 Å². The molecule has 0 spiro atoms. The van der Waals surface area contributed by atoms with Crippen molar-refractivity contribution in [1.29, 1.82) is 0 Å². The zero-order valence-corrected chi connectivity index (χ0v) is 17.9. The van der Waals surface area contributed by atoms with E-state index in [4.69, 9.17) is 14.2 Å². The number of carbonyl (C=O) groups excluding carboxylic acids is 3. The standard InChI is InChI=1S/C24H27NO6/c1-14-20(24(28)31-13-17-5-4-12-30-17)21(22-18(25-14)6-3-7-19(22)26)15-8-10-16(11-9-15)23(27)29-2/h8-11,17,20-21H,3-7,12-13H2,1-2H3/t17-,20?,21-/m0/s1. The lowest BCUT2D eigenvalue weighted by Gasteiger charge is -2.34. The van der Waals surface area contributed by atoms with Gasteiger partial charge < -0.3 is 14.2 Å². The van der Waals surface area contributed by atoms with Crippen molar-refractivity contribution < 1.29 is 28.6 Å². The fraction of sp³-hybridized carbons (Fsp3) is 0.500. The summed E-state index contributed by atoms with van der Waals surface area (Å²) >= 11 is 0. The number of aliphatic imine (C=N–C) groups is 1. The van der Waals surface area contributed by atoms with Gasteiger partial charge in [0.15, 0.2) is 5.78 Å². The van der Waals surface area contributed by atoms with Crippen LogP contribution in [0.4, 0.5) is 0 Å². The Morgan fingerprint density at radius 3 is 2.61 bits per heavy atom. The molecule has 3 atom stereocenters. The molecule has 31 heavy (non-hydrogen) atoms. The van der Waals surface area contributed by atoms with Crippen LogP contribution in [-0.4, -0.2) is 49.9 Å². The SMILES string of the molecule is COC(=O)c1ccc([C@@H]2C3=C(CCCC3=O)N=C(C)C2C(=O)OC[C@@H]2CCCO2)cc1. The van der Waals surface area contributed by atoms with E-state index in [2.05, 4.69) is 4.99 Å². The van der Waals surface area contributed by atoms with Gasteiger partial charge in [0.2, 0.25) is 0 Å². The second-order valence-electron chi connectivity index (χ2n) is 8.22. The molecule has 7 heteroatoms. The van der Waals surface area contributed by atoms with Gasteiger partial charge in [0.05, 0.1) is 18.8 Å². The normalized spacial score (nSPS) is 25.7. The van der Waals surface area contributed by atoms with Crippen molar-refractivity contribution in [3.05, 3.63) is 46.7 Å². The summed E-state index contributed by atoms with van der Waals surface area (Å²) in [4.78, 5) is 42.6. The first-order chi connectivity index (χ1) is 15.0. The van der Waals surface area contributed by atoms with Crippen LogP contribution in [0, 0.1) is 5.92 Å². The third-order valence-corrected chi connectivity index (χ3v) is 6.21. The highest BCUT2D eigenvalue weighted by Crippen LogP contribution is 2.43. The van der Waals surface area contributed by atoms with Gasteiger partial charge in [-0.15, -0.1) is 0 Å². The van der Waals surface area contributed by atoms with Crippen LogP contribution in [0.2, 0.25) is 0 Å². The van der Waals surface area contributed by atoms with E-state index < -0.39 is 23.8 Å². The predicted molar refractivity (Wildman–Crippen MR) is 113 cm³/mol. The number of allylic oxidation sites excluding steroid dienone is 2. The second-order valence-corrected chi connectivity index (χ2v) is 8.22. The predicted octanol–water partition coefficient (Wildman–Crippen LogP) is 3.38. The van der Waals surface area contributed by atoms with Crippen molar-refractivity contribution in [2.24, 2.45) is 10.9 Å². The maximum Gasteiger partial charge on any atom is 0.337 e. The summed E-state index contributed by atoms with van der Waals surface area (Å²) in [6, 6.07) is 6.87. The van der Waals surface area contributed by atoms with Crippen LogP contribution in [-0.2, 0) is 23.8 Å². The molecule has 1 aliphatic carbocycles. The molecule has 0 aromatic heterocycles. The van der Waals surface area contributed by atoms with E-state index in [9.17, 15) is 14.4 Å². The quantitative estimate of drug-likeness (QED) is 0.672. The highest BCUT2D eigenvalue weighted by Gasteiger charge is 2.43. The number of rotatable bonds is 5. The van der Waals surface area contributed by atoms with Crippen molar-refractivity contribution in [3.8, 4) is 0 Å². The highest BCUT2D eigenvalue weighted by atomic mass is 16.6. The largest absolute Gasteiger partial charge is 0.465 e. The topological polar surface area (TPSA) is 91.3 Å². The fourth-order valence-corrected chi connectivity index (χ4v) is 4.66. The van der Waals surface area contributed by atoms with Crippen molar-refractivity contribution in [2.75, 3.05) is 20.3 Å². The molecule has 0 saturated carbocycles. The number of carbonyl (C=O) groups is 3.